The SMILES string of the molecule is O=C1Nc2cc(C(F)(F)F)ccc2/C1=C/c1nc2c([nH]1)COCC2. The standard InChI is InChI=1S/C16H12F3N3O2/c17-16(18,19)8-1-2-9-10(15(23)22-12(9)5-8)6-14-20-11-3-4-24-7-13(11)21-14/h1-2,5-6H,3-4,7H2,(H,20,21)(H,22,23)/b10-6-. The molecule has 2 N–H and O–H groups in total. The van der Waals surface area contributed by atoms with Crippen molar-refractivity contribution in [1.82, 2.24) is 9.97 Å². The summed E-state index contributed by atoms with van der Waals surface area (Å²) in [5.74, 6) is 0.0401. The number of rotatable bonds is 1. The van der Waals surface area contributed by atoms with Crippen LogP contribution in [0.4, 0.5) is 18.9 Å². The van der Waals surface area contributed by atoms with Gasteiger partial charge in [0.1, 0.15) is 5.82 Å². The minimum absolute atomic E-state index is 0.153. The Labute approximate surface area is 134 Å². The molecule has 0 aliphatic carbocycles. The number of halogens is 3. The third-order valence-electron chi connectivity index (χ3n) is 4.02. The lowest BCUT2D eigenvalue weighted by Crippen LogP contribution is -2.08. The van der Waals surface area contributed by atoms with Crippen LogP contribution in [0.5, 0.6) is 0 Å². The van der Waals surface area contributed by atoms with E-state index in [-0.39, 0.29) is 11.3 Å². The number of fused-ring (bicyclic) bond motifs is 2. The van der Waals surface area contributed by atoms with Gasteiger partial charge in [-0.05, 0) is 18.2 Å². The first-order valence-electron chi connectivity index (χ1n) is 7.32. The Bertz CT molecular complexity index is 844. The molecule has 0 saturated carbocycles. The first kappa shape index (κ1) is 14.9. The number of anilines is 1. The summed E-state index contributed by atoms with van der Waals surface area (Å²) in [6, 6.07) is 3.21. The van der Waals surface area contributed by atoms with Crippen molar-refractivity contribution in [2.45, 2.75) is 19.2 Å². The van der Waals surface area contributed by atoms with Crippen LogP contribution >= 0.6 is 0 Å². The maximum atomic E-state index is 12.8. The second kappa shape index (κ2) is 5.20. The number of benzene rings is 1. The predicted octanol–water partition coefficient (Wildman–Crippen LogP) is 2.99. The first-order chi connectivity index (χ1) is 11.4. The normalized spacial score (nSPS) is 18.5. The molecular formula is C16H12F3N3O2. The number of nitrogens with zero attached hydrogens (tertiary/aromatic N) is 1. The molecule has 1 aromatic carbocycles. The average Bonchev–Trinajstić information content (AvgIpc) is 3.07. The van der Waals surface area contributed by atoms with Gasteiger partial charge in [0.25, 0.3) is 5.91 Å². The van der Waals surface area contributed by atoms with Crippen LogP contribution in [-0.2, 0) is 28.7 Å². The highest BCUT2D eigenvalue weighted by molar-refractivity contribution is 6.34. The van der Waals surface area contributed by atoms with E-state index in [9.17, 15) is 18.0 Å². The summed E-state index contributed by atoms with van der Waals surface area (Å²) >= 11 is 0. The summed E-state index contributed by atoms with van der Waals surface area (Å²) in [7, 11) is 0. The Morgan fingerprint density at radius 1 is 1.29 bits per heavy atom. The molecule has 0 bridgehead atoms. The maximum absolute atomic E-state index is 12.8. The Morgan fingerprint density at radius 3 is 2.88 bits per heavy atom. The van der Waals surface area contributed by atoms with Gasteiger partial charge in [0, 0.05) is 17.7 Å². The summed E-state index contributed by atoms with van der Waals surface area (Å²) in [5.41, 5.74) is 1.82. The van der Waals surface area contributed by atoms with Gasteiger partial charge in [-0.15, -0.1) is 0 Å². The smallest absolute Gasteiger partial charge is 0.375 e. The van der Waals surface area contributed by atoms with E-state index in [4.69, 9.17) is 4.74 Å². The van der Waals surface area contributed by atoms with E-state index in [1.54, 1.807) is 6.08 Å². The van der Waals surface area contributed by atoms with E-state index in [1.807, 2.05) is 0 Å². The molecule has 0 saturated heterocycles. The zero-order valence-electron chi connectivity index (χ0n) is 12.3. The molecule has 0 atom stereocenters. The number of carbonyl (C=O) groups is 1. The second-order valence-electron chi connectivity index (χ2n) is 5.62. The van der Waals surface area contributed by atoms with Crippen LogP contribution in [0.3, 0.4) is 0 Å². The molecule has 0 unspecified atom stereocenters. The molecule has 8 heteroatoms. The molecule has 0 spiro atoms. The number of carbonyl (C=O) groups excluding carboxylic acids is 1. The van der Waals surface area contributed by atoms with Crippen molar-refractivity contribution in [1.29, 1.82) is 0 Å². The fourth-order valence-corrected chi connectivity index (χ4v) is 2.86. The molecule has 4 rings (SSSR count). The minimum Gasteiger partial charge on any atom is -0.375 e. The third-order valence-corrected chi connectivity index (χ3v) is 4.02. The van der Waals surface area contributed by atoms with E-state index in [0.29, 0.717) is 31.0 Å². The molecule has 24 heavy (non-hydrogen) atoms. The fraction of sp³-hybridized carbons (Fsp3) is 0.250. The first-order valence-corrected chi connectivity index (χ1v) is 7.32. The summed E-state index contributed by atoms with van der Waals surface area (Å²) in [6.07, 6.45) is -2.22. The third kappa shape index (κ3) is 2.48. The van der Waals surface area contributed by atoms with Crippen molar-refractivity contribution in [3.05, 3.63) is 46.5 Å². The minimum atomic E-state index is -4.45. The Morgan fingerprint density at radius 2 is 2.12 bits per heavy atom. The fourth-order valence-electron chi connectivity index (χ4n) is 2.86. The predicted molar refractivity (Wildman–Crippen MR) is 79.9 cm³/mol. The van der Waals surface area contributed by atoms with E-state index in [0.717, 1.165) is 23.5 Å². The maximum Gasteiger partial charge on any atom is 0.416 e. The Balaban J connectivity index is 1.73. The highest BCUT2D eigenvalue weighted by atomic mass is 19.4. The molecule has 2 aliphatic rings. The summed E-state index contributed by atoms with van der Waals surface area (Å²) in [4.78, 5) is 19.6. The molecular weight excluding hydrogens is 323 g/mol. The van der Waals surface area contributed by atoms with Gasteiger partial charge in [-0.3, -0.25) is 4.79 Å². The van der Waals surface area contributed by atoms with E-state index in [1.165, 1.54) is 6.07 Å². The number of aromatic nitrogens is 2. The van der Waals surface area contributed by atoms with Gasteiger partial charge >= 0.3 is 6.18 Å². The summed E-state index contributed by atoms with van der Waals surface area (Å²) < 4.78 is 43.6. The van der Waals surface area contributed by atoms with Crippen LogP contribution in [0.2, 0.25) is 0 Å². The van der Waals surface area contributed by atoms with Crippen molar-refractivity contribution in [2.24, 2.45) is 0 Å². The van der Waals surface area contributed by atoms with Crippen molar-refractivity contribution in [3.8, 4) is 0 Å². The lowest BCUT2D eigenvalue weighted by molar-refractivity contribution is -0.137. The van der Waals surface area contributed by atoms with Gasteiger partial charge in [-0.2, -0.15) is 13.2 Å². The van der Waals surface area contributed by atoms with Crippen molar-refractivity contribution in [2.75, 3.05) is 11.9 Å². The van der Waals surface area contributed by atoms with Crippen LogP contribution in [0, 0.1) is 0 Å². The van der Waals surface area contributed by atoms with Gasteiger partial charge in [0.05, 0.1) is 35.7 Å². The van der Waals surface area contributed by atoms with E-state index in [2.05, 4.69) is 15.3 Å². The molecule has 2 aliphatic heterocycles. The van der Waals surface area contributed by atoms with Crippen LogP contribution in [-0.4, -0.2) is 22.5 Å². The van der Waals surface area contributed by atoms with Gasteiger partial charge in [-0.1, -0.05) is 6.07 Å². The number of imidazole rings is 1. The number of H-pyrrole nitrogens is 1. The number of amides is 1. The molecule has 3 heterocycles. The largest absolute Gasteiger partial charge is 0.416 e. The molecule has 2 aromatic rings. The van der Waals surface area contributed by atoms with Crippen molar-refractivity contribution >= 4 is 23.2 Å². The van der Waals surface area contributed by atoms with Gasteiger partial charge < -0.3 is 15.0 Å². The summed E-state index contributed by atoms with van der Waals surface area (Å²) in [6.45, 7) is 1.03. The molecule has 0 fully saturated rings. The van der Waals surface area contributed by atoms with Gasteiger partial charge in [-0.25, -0.2) is 4.98 Å². The monoisotopic (exact) mass is 335 g/mol. The number of ether oxygens (including phenoxy) is 1. The average molecular weight is 335 g/mol. The number of hydrogen-bond donors (Lipinski definition) is 2. The van der Waals surface area contributed by atoms with Crippen LogP contribution in [0.25, 0.3) is 11.6 Å². The number of hydrogen-bond acceptors (Lipinski definition) is 3. The highest BCUT2D eigenvalue weighted by Crippen LogP contribution is 2.38. The molecule has 1 aromatic heterocycles. The molecule has 5 nitrogen and oxygen atoms in total. The second-order valence-corrected chi connectivity index (χ2v) is 5.62. The van der Waals surface area contributed by atoms with E-state index >= 15 is 0 Å². The molecule has 0 radical (unpaired) electrons. The van der Waals surface area contributed by atoms with Crippen molar-refractivity contribution < 1.29 is 22.7 Å². The van der Waals surface area contributed by atoms with Crippen LogP contribution < -0.4 is 5.32 Å². The molecule has 124 valence electrons. The number of alkyl halides is 3. The van der Waals surface area contributed by atoms with Crippen LogP contribution in [0.1, 0.15) is 28.3 Å². The molecule has 1 amide bonds. The lowest BCUT2D eigenvalue weighted by atomic mass is 10.0. The Kier molecular flexibility index (Phi) is 3.24. The summed E-state index contributed by atoms with van der Waals surface area (Å²) in [5, 5.41) is 2.47. The zero-order valence-corrected chi connectivity index (χ0v) is 12.3. The van der Waals surface area contributed by atoms with Crippen molar-refractivity contribution in [3.63, 3.8) is 0 Å². The number of aromatic amines is 1. The van der Waals surface area contributed by atoms with Gasteiger partial charge in [0.15, 0.2) is 0 Å². The quantitative estimate of drug-likeness (QED) is 0.788. The highest BCUT2D eigenvalue weighted by Gasteiger charge is 2.33. The van der Waals surface area contributed by atoms with Gasteiger partial charge in [0.2, 0.25) is 0 Å². The zero-order chi connectivity index (χ0) is 16.9. The van der Waals surface area contributed by atoms with Crippen LogP contribution in [0.15, 0.2) is 18.2 Å². The topological polar surface area (TPSA) is 67.0 Å². The lowest BCUT2D eigenvalue weighted by Gasteiger charge is -2.09. The number of nitrogens with one attached hydrogen (secondary N) is 2. The van der Waals surface area contributed by atoms with E-state index < -0.39 is 17.6 Å². The Hall–Kier alpha value is -2.61.